The molecule has 4 nitrogen and oxygen atoms in total. The molecule has 1 atom stereocenters. The Morgan fingerprint density at radius 1 is 1.41 bits per heavy atom. The van der Waals surface area contributed by atoms with Crippen molar-refractivity contribution in [2.24, 2.45) is 5.41 Å². The molecule has 0 aromatic carbocycles. The molecule has 0 bridgehead atoms. The highest BCUT2D eigenvalue weighted by molar-refractivity contribution is 7.08. The molecule has 2 aliphatic rings. The Labute approximate surface area is 133 Å². The molecule has 4 rings (SSSR count). The van der Waals surface area contributed by atoms with Gasteiger partial charge in [0, 0.05) is 23.6 Å². The fourth-order valence-electron chi connectivity index (χ4n) is 3.64. The number of anilines is 1. The molecule has 1 aliphatic carbocycles. The van der Waals surface area contributed by atoms with Crippen LogP contribution in [0.1, 0.15) is 49.4 Å². The van der Waals surface area contributed by atoms with Gasteiger partial charge in [0.2, 0.25) is 5.88 Å². The molecule has 0 radical (unpaired) electrons. The molecule has 0 spiro atoms. The maximum Gasteiger partial charge on any atom is 0.233 e. The second kappa shape index (κ2) is 4.56. The normalized spacial score (nSPS) is 23.0. The molecule has 0 saturated heterocycles. The van der Waals surface area contributed by atoms with E-state index in [4.69, 9.17) is 4.52 Å². The minimum absolute atomic E-state index is 0.0192. The van der Waals surface area contributed by atoms with E-state index in [0.29, 0.717) is 12.3 Å². The standard InChI is InChI=1S/C17H18N2O2S/c1-9-13-14(10-4-5-22-8-10)15-11(18-16(13)21-19-9)6-17(2,3)7-12(15)20/h4-5,8,14,18H,6-7H2,1-3H3. The van der Waals surface area contributed by atoms with Crippen molar-refractivity contribution in [3.8, 4) is 0 Å². The van der Waals surface area contributed by atoms with E-state index >= 15 is 0 Å². The maximum atomic E-state index is 12.8. The lowest BCUT2D eigenvalue weighted by molar-refractivity contribution is -0.118. The van der Waals surface area contributed by atoms with E-state index in [9.17, 15) is 4.79 Å². The first kappa shape index (κ1) is 13.8. The van der Waals surface area contributed by atoms with E-state index in [2.05, 4.69) is 41.1 Å². The molecule has 1 aliphatic heterocycles. The highest BCUT2D eigenvalue weighted by Gasteiger charge is 2.42. The Morgan fingerprint density at radius 3 is 2.95 bits per heavy atom. The van der Waals surface area contributed by atoms with Gasteiger partial charge in [0.25, 0.3) is 0 Å². The van der Waals surface area contributed by atoms with E-state index in [-0.39, 0.29) is 17.1 Å². The topological polar surface area (TPSA) is 55.1 Å². The van der Waals surface area contributed by atoms with Crippen molar-refractivity contribution in [1.82, 2.24) is 5.16 Å². The summed E-state index contributed by atoms with van der Waals surface area (Å²) in [6.07, 6.45) is 1.45. The third kappa shape index (κ3) is 1.96. The minimum atomic E-state index is -0.0488. The Hall–Kier alpha value is -1.88. The van der Waals surface area contributed by atoms with Gasteiger partial charge >= 0.3 is 0 Å². The monoisotopic (exact) mass is 314 g/mol. The number of nitrogens with one attached hydrogen (secondary N) is 1. The van der Waals surface area contributed by atoms with Crippen molar-refractivity contribution in [2.75, 3.05) is 5.32 Å². The van der Waals surface area contributed by atoms with Gasteiger partial charge in [-0.3, -0.25) is 4.79 Å². The minimum Gasteiger partial charge on any atom is -0.338 e. The SMILES string of the molecule is Cc1noc2c1C(c1ccsc1)C1=C(CC(C)(C)CC1=O)N2. The van der Waals surface area contributed by atoms with Crippen LogP contribution >= 0.6 is 11.3 Å². The number of hydrogen-bond acceptors (Lipinski definition) is 5. The Morgan fingerprint density at radius 2 is 2.23 bits per heavy atom. The summed E-state index contributed by atoms with van der Waals surface area (Å²) >= 11 is 1.65. The summed E-state index contributed by atoms with van der Waals surface area (Å²) in [4.78, 5) is 12.8. The zero-order valence-electron chi connectivity index (χ0n) is 12.9. The molecule has 22 heavy (non-hydrogen) atoms. The number of aromatic nitrogens is 1. The van der Waals surface area contributed by atoms with Crippen LogP contribution in [-0.2, 0) is 4.79 Å². The van der Waals surface area contributed by atoms with E-state index in [1.165, 1.54) is 0 Å². The summed E-state index contributed by atoms with van der Waals surface area (Å²) in [6.45, 7) is 6.21. The second-order valence-electron chi connectivity index (χ2n) is 6.96. The van der Waals surface area contributed by atoms with Crippen LogP contribution in [0.3, 0.4) is 0 Å². The van der Waals surface area contributed by atoms with Crippen molar-refractivity contribution in [3.05, 3.63) is 44.9 Å². The van der Waals surface area contributed by atoms with Crippen LogP contribution in [0, 0.1) is 12.3 Å². The van der Waals surface area contributed by atoms with Crippen LogP contribution in [0.4, 0.5) is 5.88 Å². The molecule has 0 fully saturated rings. The van der Waals surface area contributed by atoms with Crippen molar-refractivity contribution in [1.29, 1.82) is 0 Å². The predicted molar refractivity (Wildman–Crippen MR) is 86.1 cm³/mol. The van der Waals surface area contributed by atoms with Crippen molar-refractivity contribution < 1.29 is 9.32 Å². The first-order valence-corrected chi connectivity index (χ1v) is 8.42. The van der Waals surface area contributed by atoms with E-state index in [1.54, 1.807) is 11.3 Å². The van der Waals surface area contributed by atoms with Crippen LogP contribution in [0.25, 0.3) is 0 Å². The van der Waals surface area contributed by atoms with E-state index in [1.807, 2.05) is 6.92 Å². The summed E-state index contributed by atoms with van der Waals surface area (Å²) in [6, 6.07) is 2.09. The lowest BCUT2D eigenvalue weighted by Gasteiger charge is -2.37. The molecule has 1 unspecified atom stereocenters. The number of aryl methyl sites for hydroxylation is 1. The van der Waals surface area contributed by atoms with Gasteiger partial charge in [0.1, 0.15) is 0 Å². The van der Waals surface area contributed by atoms with Gasteiger partial charge < -0.3 is 9.84 Å². The lowest BCUT2D eigenvalue weighted by Crippen LogP contribution is -2.33. The Balaban J connectivity index is 1.94. The van der Waals surface area contributed by atoms with E-state index < -0.39 is 0 Å². The van der Waals surface area contributed by atoms with Crippen LogP contribution in [-0.4, -0.2) is 10.9 Å². The number of fused-ring (bicyclic) bond motifs is 1. The lowest BCUT2D eigenvalue weighted by atomic mass is 9.69. The van der Waals surface area contributed by atoms with Crippen LogP contribution in [0.2, 0.25) is 0 Å². The molecule has 0 amide bonds. The highest BCUT2D eigenvalue weighted by Crippen LogP contribution is 2.50. The number of rotatable bonds is 1. The van der Waals surface area contributed by atoms with Crippen molar-refractivity contribution in [3.63, 3.8) is 0 Å². The number of thiophene rings is 1. The summed E-state index contributed by atoms with van der Waals surface area (Å²) in [7, 11) is 0. The van der Waals surface area contributed by atoms with Gasteiger partial charge in [-0.05, 0) is 41.1 Å². The quantitative estimate of drug-likeness (QED) is 0.855. The van der Waals surface area contributed by atoms with Gasteiger partial charge in [-0.25, -0.2) is 0 Å². The number of nitrogens with zero attached hydrogens (tertiary/aromatic N) is 1. The fraction of sp³-hybridized carbons (Fsp3) is 0.412. The van der Waals surface area contributed by atoms with Gasteiger partial charge in [0.15, 0.2) is 5.78 Å². The molecule has 0 saturated carbocycles. The molecule has 5 heteroatoms. The molecule has 114 valence electrons. The molecule has 3 heterocycles. The van der Waals surface area contributed by atoms with Gasteiger partial charge in [-0.1, -0.05) is 19.0 Å². The largest absolute Gasteiger partial charge is 0.338 e. The molecular weight excluding hydrogens is 296 g/mol. The second-order valence-corrected chi connectivity index (χ2v) is 7.74. The van der Waals surface area contributed by atoms with Gasteiger partial charge in [-0.15, -0.1) is 0 Å². The Kier molecular flexibility index (Phi) is 2.85. The van der Waals surface area contributed by atoms with Crippen LogP contribution < -0.4 is 5.32 Å². The molecule has 2 aromatic heterocycles. The van der Waals surface area contributed by atoms with Gasteiger partial charge in [0.05, 0.1) is 11.3 Å². The zero-order valence-corrected chi connectivity index (χ0v) is 13.7. The van der Waals surface area contributed by atoms with Crippen molar-refractivity contribution in [2.45, 2.75) is 39.5 Å². The van der Waals surface area contributed by atoms with E-state index in [0.717, 1.165) is 34.5 Å². The Bertz CT molecular complexity index is 784. The average molecular weight is 314 g/mol. The molecular formula is C17H18N2O2S. The smallest absolute Gasteiger partial charge is 0.233 e. The first-order chi connectivity index (χ1) is 10.5. The fourth-order valence-corrected chi connectivity index (χ4v) is 4.33. The third-order valence-electron chi connectivity index (χ3n) is 4.55. The summed E-state index contributed by atoms with van der Waals surface area (Å²) in [5.41, 5.74) is 4.89. The maximum absolute atomic E-state index is 12.8. The predicted octanol–water partition coefficient (Wildman–Crippen LogP) is 4.25. The number of Topliss-reactive ketones (excluding diaryl/α,β-unsaturated/α-hetero) is 1. The number of hydrogen-bond donors (Lipinski definition) is 1. The summed E-state index contributed by atoms with van der Waals surface area (Å²) < 4.78 is 5.46. The number of carbonyl (C=O) groups is 1. The highest BCUT2D eigenvalue weighted by atomic mass is 32.1. The first-order valence-electron chi connectivity index (χ1n) is 7.48. The third-order valence-corrected chi connectivity index (χ3v) is 5.25. The number of allylic oxidation sites excluding steroid dienone is 2. The average Bonchev–Trinajstić information content (AvgIpc) is 3.05. The zero-order chi connectivity index (χ0) is 15.5. The number of ketones is 1. The molecule has 1 N–H and O–H groups in total. The summed E-state index contributed by atoms with van der Waals surface area (Å²) in [5.74, 6) is 0.881. The van der Waals surface area contributed by atoms with Gasteiger partial charge in [-0.2, -0.15) is 11.3 Å². The van der Waals surface area contributed by atoms with Crippen LogP contribution in [0.5, 0.6) is 0 Å². The molecule has 2 aromatic rings. The van der Waals surface area contributed by atoms with Crippen molar-refractivity contribution >= 4 is 23.0 Å². The summed E-state index contributed by atoms with van der Waals surface area (Å²) in [5, 5.41) is 11.6. The number of carbonyl (C=O) groups excluding carboxylic acids is 1. The van der Waals surface area contributed by atoms with Crippen LogP contribution in [0.15, 0.2) is 32.6 Å².